The van der Waals surface area contributed by atoms with E-state index >= 15 is 0 Å². The van der Waals surface area contributed by atoms with Crippen LogP contribution in [0, 0.1) is 12.8 Å². The molecule has 1 heterocycles. The van der Waals surface area contributed by atoms with Crippen molar-refractivity contribution in [3.8, 4) is 0 Å². The summed E-state index contributed by atoms with van der Waals surface area (Å²) >= 11 is 3.55. The first kappa shape index (κ1) is 12.7. The van der Waals surface area contributed by atoms with Crippen LogP contribution in [0.5, 0.6) is 0 Å². The van der Waals surface area contributed by atoms with Gasteiger partial charge in [0.1, 0.15) is 0 Å². The zero-order valence-corrected chi connectivity index (χ0v) is 12.1. The van der Waals surface area contributed by atoms with Crippen LogP contribution in [0.3, 0.4) is 0 Å². The number of aromatic nitrogens is 1. The summed E-state index contributed by atoms with van der Waals surface area (Å²) in [6.07, 6.45) is 1.21. The molecule has 92 valence electrons. The van der Waals surface area contributed by atoms with Gasteiger partial charge in [0.15, 0.2) is 0 Å². The summed E-state index contributed by atoms with van der Waals surface area (Å²) in [6.45, 7) is 6.53. The summed E-state index contributed by atoms with van der Waals surface area (Å²) < 4.78 is 1.19. The molecule has 1 unspecified atom stereocenters. The summed E-state index contributed by atoms with van der Waals surface area (Å²) in [5, 5.41) is 1.10. The lowest BCUT2D eigenvalue weighted by atomic mass is 10.2. The van der Waals surface area contributed by atoms with Crippen molar-refractivity contribution < 1.29 is 0 Å². The first-order valence-electron chi connectivity index (χ1n) is 5.89. The van der Waals surface area contributed by atoms with Crippen LogP contribution in [0.2, 0.25) is 0 Å². The van der Waals surface area contributed by atoms with Crippen molar-refractivity contribution in [1.82, 2.24) is 4.98 Å². The monoisotopic (exact) mass is 266 g/mol. The minimum Gasteiger partial charge on any atom is -0.398 e. The Bertz CT molecular complexity index is 519. The van der Waals surface area contributed by atoms with Crippen molar-refractivity contribution in [2.24, 2.45) is 5.92 Å². The van der Waals surface area contributed by atoms with Gasteiger partial charge in [-0.25, -0.2) is 4.98 Å². The molecule has 1 aromatic carbocycles. The third-order valence-corrected chi connectivity index (χ3v) is 5.18. The Morgan fingerprint density at radius 2 is 2.24 bits per heavy atom. The number of benzene rings is 1. The second-order valence-corrected chi connectivity index (χ2v) is 6.71. The Balaban J connectivity index is 2.24. The zero-order valence-electron chi connectivity index (χ0n) is 10.5. The van der Waals surface area contributed by atoms with Crippen molar-refractivity contribution in [3.63, 3.8) is 0 Å². The molecule has 0 amide bonds. The third-order valence-electron chi connectivity index (χ3n) is 2.85. The number of hydrogen-bond donors (Lipinski definition) is 1. The van der Waals surface area contributed by atoms with Crippen LogP contribution in [0.4, 0.5) is 5.69 Å². The number of fused-ring (bicyclic) bond motifs is 1. The van der Waals surface area contributed by atoms with Crippen molar-refractivity contribution >= 4 is 39.0 Å². The number of nitrogens with two attached hydrogens (primary N) is 1. The van der Waals surface area contributed by atoms with E-state index in [9.17, 15) is 0 Å². The van der Waals surface area contributed by atoms with E-state index in [1.165, 1.54) is 16.0 Å². The average molecular weight is 266 g/mol. The molecular weight excluding hydrogens is 248 g/mol. The molecule has 0 aliphatic heterocycles. The van der Waals surface area contributed by atoms with Gasteiger partial charge in [0.25, 0.3) is 0 Å². The molecule has 0 spiro atoms. The van der Waals surface area contributed by atoms with Gasteiger partial charge in [-0.1, -0.05) is 20.3 Å². The Hall–Kier alpha value is -0.740. The molecule has 2 N–H and O–H groups in total. The maximum Gasteiger partial charge on any atom is 0.0907 e. The van der Waals surface area contributed by atoms with Gasteiger partial charge < -0.3 is 5.73 Å². The number of thioether (sulfide) groups is 1. The van der Waals surface area contributed by atoms with Gasteiger partial charge in [0.05, 0.1) is 15.2 Å². The summed E-state index contributed by atoms with van der Waals surface area (Å²) in [7, 11) is 0. The summed E-state index contributed by atoms with van der Waals surface area (Å²) in [5.41, 5.74) is 8.04. The van der Waals surface area contributed by atoms with Crippen LogP contribution in [0.25, 0.3) is 10.2 Å². The smallest absolute Gasteiger partial charge is 0.0907 e. The Labute approximate surface area is 111 Å². The molecule has 0 saturated heterocycles. The fraction of sp³-hybridized carbons (Fsp3) is 0.462. The van der Waals surface area contributed by atoms with Crippen LogP contribution in [-0.2, 0) is 0 Å². The molecule has 0 aliphatic rings. The molecule has 4 heteroatoms. The lowest BCUT2D eigenvalue weighted by Crippen LogP contribution is -1.96. The molecule has 0 fully saturated rings. The molecule has 1 atom stereocenters. The lowest BCUT2D eigenvalue weighted by molar-refractivity contribution is 0.637. The van der Waals surface area contributed by atoms with Crippen molar-refractivity contribution in [1.29, 1.82) is 0 Å². The predicted octanol–water partition coefficient (Wildman–Crippen LogP) is 4.33. The minimum absolute atomic E-state index is 0.729. The highest BCUT2D eigenvalue weighted by Crippen LogP contribution is 2.33. The average Bonchev–Trinajstić information content (AvgIpc) is 2.64. The second-order valence-electron chi connectivity index (χ2n) is 4.42. The Kier molecular flexibility index (Phi) is 3.94. The Morgan fingerprint density at radius 3 is 2.94 bits per heavy atom. The number of aryl methyl sites for hydroxylation is 1. The number of hydrogen-bond acceptors (Lipinski definition) is 4. The molecular formula is C13H18N2S2. The highest BCUT2D eigenvalue weighted by atomic mass is 32.2. The van der Waals surface area contributed by atoms with Gasteiger partial charge in [-0.2, -0.15) is 0 Å². The SMILES string of the molecule is CCC(C)CSc1cc2nc(C)sc2cc1N. The van der Waals surface area contributed by atoms with Crippen LogP contribution < -0.4 is 5.73 Å². The van der Waals surface area contributed by atoms with E-state index in [2.05, 4.69) is 31.0 Å². The Morgan fingerprint density at radius 1 is 1.47 bits per heavy atom. The van der Waals surface area contributed by atoms with Gasteiger partial charge >= 0.3 is 0 Å². The number of rotatable bonds is 4. The molecule has 0 radical (unpaired) electrons. The molecule has 2 rings (SSSR count). The molecule has 2 aromatic rings. The maximum absolute atomic E-state index is 6.08. The van der Waals surface area contributed by atoms with E-state index in [-0.39, 0.29) is 0 Å². The second kappa shape index (κ2) is 5.27. The zero-order chi connectivity index (χ0) is 12.4. The predicted molar refractivity (Wildman–Crippen MR) is 78.9 cm³/mol. The van der Waals surface area contributed by atoms with Crippen LogP contribution in [-0.4, -0.2) is 10.7 Å². The topological polar surface area (TPSA) is 38.9 Å². The number of nitrogen functional groups attached to an aromatic ring is 1. The normalized spacial score (nSPS) is 13.1. The first-order valence-corrected chi connectivity index (χ1v) is 7.69. The maximum atomic E-state index is 6.08. The quantitative estimate of drug-likeness (QED) is 0.661. The molecule has 17 heavy (non-hydrogen) atoms. The number of anilines is 1. The molecule has 0 bridgehead atoms. The lowest BCUT2D eigenvalue weighted by Gasteiger charge is -2.09. The van der Waals surface area contributed by atoms with Gasteiger partial charge in [0.2, 0.25) is 0 Å². The molecule has 0 aliphatic carbocycles. The van der Waals surface area contributed by atoms with Crippen LogP contribution in [0.15, 0.2) is 17.0 Å². The van der Waals surface area contributed by atoms with Crippen LogP contribution >= 0.6 is 23.1 Å². The van der Waals surface area contributed by atoms with Gasteiger partial charge in [-0.05, 0) is 25.0 Å². The van der Waals surface area contributed by atoms with Gasteiger partial charge in [-0.15, -0.1) is 23.1 Å². The van der Waals surface area contributed by atoms with Crippen molar-refractivity contribution in [2.75, 3.05) is 11.5 Å². The van der Waals surface area contributed by atoms with Gasteiger partial charge in [-0.3, -0.25) is 0 Å². The van der Waals surface area contributed by atoms with E-state index in [4.69, 9.17) is 5.73 Å². The van der Waals surface area contributed by atoms with E-state index in [1.807, 2.05) is 18.7 Å². The van der Waals surface area contributed by atoms with E-state index in [0.29, 0.717) is 0 Å². The summed E-state index contributed by atoms with van der Waals surface area (Å²) in [4.78, 5) is 5.68. The van der Waals surface area contributed by atoms with Crippen molar-refractivity contribution in [3.05, 3.63) is 17.1 Å². The van der Waals surface area contributed by atoms with E-state index < -0.39 is 0 Å². The summed E-state index contributed by atoms with van der Waals surface area (Å²) in [6, 6.07) is 4.18. The molecule has 2 nitrogen and oxygen atoms in total. The fourth-order valence-corrected chi connectivity index (χ4v) is 3.54. The first-order chi connectivity index (χ1) is 8.10. The van der Waals surface area contributed by atoms with Crippen LogP contribution in [0.1, 0.15) is 25.3 Å². The molecule has 0 saturated carbocycles. The highest BCUT2D eigenvalue weighted by Gasteiger charge is 2.08. The molecule has 1 aromatic heterocycles. The third kappa shape index (κ3) is 2.93. The minimum atomic E-state index is 0.729. The summed E-state index contributed by atoms with van der Waals surface area (Å²) in [5.74, 6) is 1.85. The van der Waals surface area contributed by atoms with E-state index in [1.54, 1.807) is 11.3 Å². The number of thiazole rings is 1. The number of nitrogens with zero attached hydrogens (tertiary/aromatic N) is 1. The highest BCUT2D eigenvalue weighted by molar-refractivity contribution is 7.99. The standard InChI is InChI=1S/C13H18N2S2/c1-4-8(2)7-16-12-6-11-13(5-10(12)14)17-9(3)15-11/h5-6,8H,4,7,14H2,1-3H3. The van der Waals surface area contributed by atoms with E-state index in [0.717, 1.165) is 27.9 Å². The van der Waals surface area contributed by atoms with Gasteiger partial charge in [0, 0.05) is 16.3 Å². The largest absolute Gasteiger partial charge is 0.398 e. The van der Waals surface area contributed by atoms with Crippen molar-refractivity contribution in [2.45, 2.75) is 32.1 Å². The fourth-order valence-electron chi connectivity index (χ4n) is 1.56.